The highest BCUT2D eigenvalue weighted by Crippen LogP contribution is 2.22. The Hall–Kier alpha value is -1.79. The number of anilines is 2. The first kappa shape index (κ1) is 14.6. The summed E-state index contributed by atoms with van der Waals surface area (Å²) in [5, 5.41) is 0.314. The smallest absolute Gasteiger partial charge is 0.261 e. The van der Waals surface area contributed by atoms with Crippen LogP contribution in [0.2, 0.25) is 5.15 Å². The Morgan fingerprint density at radius 3 is 2.50 bits per heavy atom. The molecule has 0 amide bonds. The number of nitrogens with one attached hydrogen (secondary N) is 1. The van der Waals surface area contributed by atoms with Crippen molar-refractivity contribution in [2.24, 2.45) is 0 Å². The lowest BCUT2D eigenvalue weighted by Gasteiger charge is -2.11. The van der Waals surface area contributed by atoms with Crippen LogP contribution in [0.15, 0.2) is 35.2 Å². The maximum atomic E-state index is 12.3. The number of halogens is 1. The van der Waals surface area contributed by atoms with Crippen LogP contribution in [-0.4, -0.2) is 13.4 Å². The second-order valence-electron chi connectivity index (χ2n) is 4.39. The number of nitrogen functional groups attached to an aromatic ring is 1. The molecule has 0 radical (unpaired) electrons. The lowest BCUT2D eigenvalue weighted by Crippen LogP contribution is -2.14. The predicted octanol–water partition coefficient (Wildman–Crippen LogP) is 2.73. The van der Waals surface area contributed by atoms with E-state index in [0.717, 1.165) is 0 Å². The summed E-state index contributed by atoms with van der Waals surface area (Å²) in [7, 11) is -3.68. The van der Waals surface area contributed by atoms with Crippen LogP contribution in [0.1, 0.15) is 11.3 Å². The molecule has 1 aromatic carbocycles. The number of nitrogens with zero attached hydrogens (tertiary/aromatic N) is 1. The van der Waals surface area contributed by atoms with Crippen molar-refractivity contribution in [3.05, 3.63) is 46.7 Å². The molecule has 0 bridgehead atoms. The van der Waals surface area contributed by atoms with Gasteiger partial charge in [0.25, 0.3) is 10.0 Å². The molecule has 1 aromatic heterocycles. The van der Waals surface area contributed by atoms with Gasteiger partial charge in [0, 0.05) is 5.69 Å². The summed E-state index contributed by atoms with van der Waals surface area (Å²) >= 11 is 5.74. The fraction of sp³-hybridized carbons (Fsp3) is 0.154. The predicted molar refractivity (Wildman–Crippen MR) is 80.4 cm³/mol. The number of rotatable bonds is 3. The monoisotopic (exact) mass is 311 g/mol. The highest BCUT2D eigenvalue weighted by molar-refractivity contribution is 7.92. The molecule has 3 N–H and O–H groups in total. The molecule has 106 valence electrons. The normalized spacial score (nSPS) is 11.3. The van der Waals surface area contributed by atoms with E-state index in [1.165, 1.54) is 18.2 Å². The molecule has 2 aromatic rings. The number of sulfonamides is 1. The summed E-state index contributed by atoms with van der Waals surface area (Å²) < 4.78 is 27.1. The first-order valence-electron chi connectivity index (χ1n) is 5.82. The van der Waals surface area contributed by atoms with Crippen molar-refractivity contribution in [2.45, 2.75) is 18.7 Å². The highest BCUT2D eigenvalue weighted by atomic mass is 35.5. The van der Waals surface area contributed by atoms with E-state index in [0.29, 0.717) is 27.8 Å². The molecule has 2 rings (SSSR count). The van der Waals surface area contributed by atoms with Gasteiger partial charge in [-0.25, -0.2) is 13.4 Å². The first-order chi connectivity index (χ1) is 9.29. The molecule has 7 heteroatoms. The quantitative estimate of drug-likeness (QED) is 0.674. The fourth-order valence-corrected chi connectivity index (χ4v) is 3.05. The van der Waals surface area contributed by atoms with Gasteiger partial charge in [0.2, 0.25) is 0 Å². The van der Waals surface area contributed by atoms with Crippen LogP contribution in [0.4, 0.5) is 11.4 Å². The molecule has 0 unspecified atom stereocenters. The third-order valence-electron chi connectivity index (χ3n) is 2.85. The number of hydrogen-bond acceptors (Lipinski definition) is 4. The lowest BCUT2D eigenvalue weighted by molar-refractivity contribution is 0.601. The van der Waals surface area contributed by atoms with Gasteiger partial charge in [-0.2, -0.15) is 0 Å². The van der Waals surface area contributed by atoms with Crippen LogP contribution in [0.25, 0.3) is 0 Å². The topological polar surface area (TPSA) is 85.1 Å². The number of pyridine rings is 1. The molecule has 0 aliphatic rings. The van der Waals surface area contributed by atoms with E-state index in [4.69, 9.17) is 17.3 Å². The van der Waals surface area contributed by atoms with Crippen molar-refractivity contribution in [1.82, 2.24) is 4.98 Å². The van der Waals surface area contributed by atoms with E-state index in [1.54, 1.807) is 26.0 Å². The van der Waals surface area contributed by atoms with Crippen LogP contribution in [0.5, 0.6) is 0 Å². The van der Waals surface area contributed by atoms with E-state index in [1.807, 2.05) is 0 Å². The van der Waals surface area contributed by atoms with Gasteiger partial charge in [-0.1, -0.05) is 11.6 Å². The summed E-state index contributed by atoms with van der Waals surface area (Å²) in [5.74, 6) is 0. The average Bonchev–Trinajstić information content (AvgIpc) is 2.36. The average molecular weight is 312 g/mol. The van der Waals surface area contributed by atoms with Gasteiger partial charge in [-0.05, 0) is 49.7 Å². The van der Waals surface area contributed by atoms with Crippen LogP contribution in [0.3, 0.4) is 0 Å². The zero-order chi connectivity index (χ0) is 14.9. The summed E-state index contributed by atoms with van der Waals surface area (Å²) in [6, 6.07) is 7.66. The van der Waals surface area contributed by atoms with Gasteiger partial charge in [0.1, 0.15) is 5.15 Å². The van der Waals surface area contributed by atoms with Crippen molar-refractivity contribution >= 4 is 33.0 Å². The van der Waals surface area contributed by atoms with Crippen LogP contribution in [-0.2, 0) is 10.0 Å². The number of nitrogens with two attached hydrogens (primary N) is 1. The Bertz CT molecular complexity index is 760. The summed E-state index contributed by atoms with van der Waals surface area (Å²) in [5.41, 5.74) is 7.84. The molecule has 1 heterocycles. The maximum Gasteiger partial charge on any atom is 0.261 e. The van der Waals surface area contributed by atoms with Gasteiger partial charge in [0.05, 0.1) is 16.3 Å². The first-order valence-corrected chi connectivity index (χ1v) is 7.68. The Labute approximate surface area is 122 Å². The van der Waals surface area contributed by atoms with Crippen LogP contribution in [0, 0.1) is 13.8 Å². The second kappa shape index (κ2) is 5.30. The highest BCUT2D eigenvalue weighted by Gasteiger charge is 2.16. The molecule has 0 aliphatic carbocycles. The largest absolute Gasteiger partial charge is 0.399 e. The Morgan fingerprint density at radius 2 is 1.90 bits per heavy atom. The van der Waals surface area contributed by atoms with Crippen molar-refractivity contribution in [3.63, 3.8) is 0 Å². The minimum Gasteiger partial charge on any atom is -0.399 e. The third-order valence-corrected chi connectivity index (χ3v) is 4.42. The number of aryl methyl sites for hydroxylation is 2. The van der Waals surface area contributed by atoms with E-state index >= 15 is 0 Å². The zero-order valence-electron chi connectivity index (χ0n) is 11.0. The standard InChI is InChI=1S/C13H14ClN3O2S/c1-8-7-10(3-4-11(8)15)20(18,19)17-12-5-6-13(14)16-9(12)2/h3-7,17H,15H2,1-2H3. The molecule has 20 heavy (non-hydrogen) atoms. The molecular weight excluding hydrogens is 298 g/mol. The summed E-state index contributed by atoms with van der Waals surface area (Å²) in [6.45, 7) is 3.43. The van der Waals surface area contributed by atoms with Crippen molar-refractivity contribution in [3.8, 4) is 0 Å². The maximum absolute atomic E-state index is 12.3. The Morgan fingerprint density at radius 1 is 1.20 bits per heavy atom. The number of aromatic nitrogens is 1. The van der Waals surface area contributed by atoms with Crippen LogP contribution < -0.4 is 10.5 Å². The van der Waals surface area contributed by atoms with E-state index < -0.39 is 10.0 Å². The summed E-state index contributed by atoms with van der Waals surface area (Å²) in [6.07, 6.45) is 0. The molecule has 0 spiro atoms. The Balaban J connectivity index is 2.38. The van der Waals surface area contributed by atoms with E-state index in [2.05, 4.69) is 9.71 Å². The molecule has 0 saturated carbocycles. The van der Waals surface area contributed by atoms with E-state index in [9.17, 15) is 8.42 Å². The zero-order valence-corrected chi connectivity index (χ0v) is 12.6. The molecule has 0 fully saturated rings. The summed E-state index contributed by atoms with van der Waals surface area (Å²) in [4.78, 5) is 4.15. The van der Waals surface area contributed by atoms with Crippen molar-refractivity contribution < 1.29 is 8.42 Å². The second-order valence-corrected chi connectivity index (χ2v) is 6.46. The van der Waals surface area contributed by atoms with Gasteiger partial charge < -0.3 is 5.73 Å². The molecule has 0 saturated heterocycles. The Kier molecular flexibility index (Phi) is 3.87. The van der Waals surface area contributed by atoms with Gasteiger partial charge in [-0.3, -0.25) is 4.72 Å². The van der Waals surface area contributed by atoms with Crippen molar-refractivity contribution in [2.75, 3.05) is 10.5 Å². The third kappa shape index (κ3) is 3.02. The molecule has 5 nitrogen and oxygen atoms in total. The number of hydrogen-bond donors (Lipinski definition) is 2. The van der Waals surface area contributed by atoms with Gasteiger partial charge >= 0.3 is 0 Å². The molecule has 0 atom stereocenters. The van der Waals surface area contributed by atoms with Gasteiger partial charge in [0.15, 0.2) is 0 Å². The van der Waals surface area contributed by atoms with Gasteiger partial charge in [-0.15, -0.1) is 0 Å². The SMILES string of the molecule is Cc1cc(S(=O)(=O)Nc2ccc(Cl)nc2C)ccc1N. The lowest BCUT2D eigenvalue weighted by atomic mass is 10.2. The van der Waals surface area contributed by atoms with Crippen molar-refractivity contribution in [1.29, 1.82) is 0 Å². The number of benzene rings is 1. The minimum absolute atomic E-state index is 0.151. The molecular formula is C13H14ClN3O2S. The van der Waals surface area contributed by atoms with E-state index in [-0.39, 0.29) is 4.90 Å². The fourth-order valence-electron chi connectivity index (χ4n) is 1.66. The molecule has 0 aliphatic heterocycles. The van der Waals surface area contributed by atoms with Crippen LogP contribution >= 0.6 is 11.6 Å². The minimum atomic E-state index is -3.68.